The van der Waals surface area contributed by atoms with E-state index in [1.807, 2.05) is 28.5 Å². The zero-order valence-electron chi connectivity index (χ0n) is 13.9. The lowest BCUT2D eigenvalue weighted by Crippen LogP contribution is -2.49. The number of hydrogen-bond acceptors (Lipinski definition) is 3. The molecule has 1 atom stereocenters. The highest BCUT2D eigenvalue weighted by atomic mass is 32.1. The minimum Gasteiger partial charge on any atom is -0.392 e. The Labute approximate surface area is 150 Å². The van der Waals surface area contributed by atoms with Gasteiger partial charge in [0.25, 0.3) is 5.91 Å². The molecule has 4 nitrogen and oxygen atoms in total. The number of nitrogens with zero attached hydrogens (tertiary/aromatic N) is 1. The first-order chi connectivity index (χ1) is 12.2. The zero-order chi connectivity index (χ0) is 17.0. The van der Waals surface area contributed by atoms with E-state index in [4.69, 9.17) is 0 Å². The molecule has 5 heteroatoms. The molecule has 128 valence electrons. The van der Waals surface area contributed by atoms with Crippen molar-refractivity contribution in [2.24, 2.45) is 0 Å². The zero-order valence-corrected chi connectivity index (χ0v) is 14.7. The predicted octanol–water partition coefficient (Wildman–Crippen LogP) is 3.32. The van der Waals surface area contributed by atoms with Crippen LogP contribution in [-0.2, 0) is 11.8 Å². The second kappa shape index (κ2) is 5.44. The fourth-order valence-corrected chi connectivity index (χ4v) is 5.40. The van der Waals surface area contributed by atoms with Crippen molar-refractivity contribution in [2.75, 3.05) is 13.1 Å². The van der Waals surface area contributed by atoms with Crippen molar-refractivity contribution in [1.82, 2.24) is 9.88 Å². The van der Waals surface area contributed by atoms with Gasteiger partial charge >= 0.3 is 0 Å². The highest BCUT2D eigenvalue weighted by Crippen LogP contribution is 2.46. The number of carbonyl (C=O) groups is 1. The Morgan fingerprint density at radius 3 is 2.84 bits per heavy atom. The van der Waals surface area contributed by atoms with Crippen LogP contribution in [0.25, 0.3) is 10.2 Å². The monoisotopic (exact) mass is 352 g/mol. The van der Waals surface area contributed by atoms with Crippen LogP contribution in [0.1, 0.15) is 34.5 Å². The van der Waals surface area contributed by atoms with Crippen LogP contribution in [0.15, 0.2) is 41.8 Å². The maximum atomic E-state index is 12.8. The van der Waals surface area contributed by atoms with Gasteiger partial charge in [-0.3, -0.25) is 4.79 Å². The Balaban J connectivity index is 1.38. The molecule has 2 aromatic heterocycles. The van der Waals surface area contributed by atoms with Crippen LogP contribution >= 0.6 is 11.3 Å². The molecule has 1 aliphatic heterocycles. The first-order valence-electron chi connectivity index (χ1n) is 8.79. The van der Waals surface area contributed by atoms with Gasteiger partial charge in [-0.05, 0) is 47.9 Å². The summed E-state index contributed by atoms with van der Waals surface area (Å²) in [4.78, 5) is 18.0. The van der Waals surface area contributed by atoms with Gasteiger partial charge < -0.3 is 15.0 Å². The van der Waals surface area contributed by atoms with E-state index in [1.54, 1.807) is 11.3 Å². The molecule has 0 bridgehead atoms. The molecule has 2 aliphatic rings. The topological polar surface area (TPSA) is 56.3 Å². The number of aromatic amines is 1. The maximum Gasteiger partial charge on any atom is 0.270 e. The van der Waals surface area contributed by atoms with Gasteiger partial charge in [0.2, 0.25) is 0 Å². The van der Waals surface area contributed by atoms with E-state index < -0.39 is 0 Å². The molecule has 1 spiro atoms. The van der Waals surface area contributed by atoms with Gasteiger partial charge in [0, 0.05) is 18.5 Å². The summed E-state index contributed by atoms with van der Waals surface area (Å²) < 4.78 is 1.12. The molecule has 0 unspecified atom stereocenters. The van der Waals surface area contributed by atoms with E-state index in [0.717, 1.165) is 29.5 Å². The summed E-state index contributed by atoms with van der Waals surface area (Å²) in [5.74, 6) is 0.0685. The second-order valence-corrected chi connectivity index (χ2v) is 8.15. The minimum absolute atomic E-state index is 0.0685. The number of aliphatic hydroxyl groups excluding tert-OH is 1. The summed E-state index contributed by atoms with van der Waals surface area (Å²) in [5, 5.41) is 12.8. The number of amides is 1. The average molecular weight is 352 g/mol. The van der Waals surface area contributed by atoms with Crippen molar-refractivity contribution in [3.8, 4) is 0 Å². The molecule has 1 fully saturated rings. The lowest BCUT2D eigenvalue weighted by molar-refractivity contribution is 0.0363. The summed E-state index contributed by atoms with van der Waals surface area (Å²) in [6.07, 6.45) is 2.05. The second-order valence-electron chi connectivity index (χ2n) is 7.21. The number of piperidine rings is 1. The number of fused-ring (bicyclic) bond motifs is 3. The molecule has 2 N–H and O–H groups in total. The third-order valence-electron chi connectivity index (χ3n) is 6.02. The summed E-state index contributed by atoms with van der Waals surface area (Å²) in [7, 11) is 0. The fourth-order valence-electron chi connectivity index (χ4n) is 4.61. The van der Waals surface area contributed by atoms with E-state index in [2.05, 4.69) is 23.2 Å². The molecule has 3 heterocycles. The highest BCUT2D eigenvalue weighted by Gasteiger charge is 2.48. The highest BCUT2D eigenvalue weighted by molar-refractivity contribution is 7.17. The van der Waals surface area contributed by atoms with Crippen LogP contribution in [0.3, 0.4) is 0 Å². The van der Waals surface area contributed by atoms with E-state index in [1.165, 1.54) is 11.1 Å². The van der Waals surface area contributed by atoms with Gasteiger partial charge in [-0.2, -0.15) is 0 Å². The first-order valence-corrected chi connectivity index (χ1v) is 9.67. The SMILES string of the molecule is O=C(c1cc2sccc2[nH]1)N1CCC2(CC1)c1ccccc1C[C@H]2O. The van der Waals surface area contributed by atoms with E-state index in [0.29, 0.717) is 18.8 Å². The number of thiophene rings is 1. The molecule has 5 rings (SSSR count). The Morgan fingerprint density at radius 2 is 2.04 bits per heavy atom. The predicted molar refractivity (Wildman–Crippen MR) is 99.1 cm³/mol. The van der Waals surface area contributed by atoms with E-state index in [9.17, 15) is 9.90 Å². The van der Waals surface area contributed by atoms with Gasteiger partial charge in [0.05, 0.1) is 16.3 Å². The minimum atomic E-state index is -0.335. The van der Waals surface area contributed by atoms with Crippen LogP contribution < -0.4 is 0 Å². The average Bonchev–Trinajstić information content (AvgIpc) is 3.29. The number of hydrogen-bond donors (Lipinski definition) is 2. The Hall–Kier alpha value is -2.11. The van der Waals surface area contributed by atoms with Gasteiger partial charge in [0.15, 0.2) is 0 Å². The fraction of sp³-hybridized carbons (Fsp3) is 0.350. The van der Waals surface area contributed by atoms with Crippen LogP contribution in [0, 0.1) is 0 Å². The summed E-state index contributed by atoms with van der Waals surface area (Å²) in [6, 6.07) is 12.3. The van der Waals surface area contributed by atoms with Crippen molar-refractivity contribution in [1.29, 1.82) is 0 Å². The summed E-state index contributed by atoms with van der Waals surface area (Å²) in [5.41, 5.74) is 4.07. The molecule has 1 saturated heterocycles. The lowest BCUT2D eigenvalue weighted by Gasteiger charge is -2.42. The summed E-state index contributed by atoms with van der Waals surface area (Å²) >= 11 is 1.64. The maximum absolute atomic E-state index is 12.8. The number of aromatic nitrogens is 1. The van der Waals surface area contributed by atoms with Gasteiger partial charge in [0.1, 0.15) is 5.69 Å². The van der Waals surface area contributed by atoms with Crippen molar-refractivity contribution < 1.29 is 9.90 Å². The third-order valence-corrected chi connectivity index (χ3v) is 6.88. The first kappa shape index (κ1) is 15.2. The lowest BCUT2D eigenvalue weighted by atomic mass is 9.72. The van der Waals surface area contributed by atoms with E-state index in [-0.39, 0.29) is 17.4 Å². The normalized spacial score (nSPS) is 21.8. The van der Waals surface area contributed by atoms with Gasteiger partial charge in [-0.1, -0.05) is 24.3 Å². The third kappa shape index (κ3) is 2.19. The van der Waals surface area contributed by atoms with Gasteiger partial charge in [-0.15, -0.1) is 11.3 Å². The standard InChI is InChI=1S/C20H20N2O2S/c23-18-11-13-3-1-2-4-14(13)20(18)6-8-22(9-7-20)19(24)16-12-17-15(21-16)5-10-25-17/h1-5,10,12,18,21,23H,6-9,11H2/t18-/m1/s1. The number of nitrogens with one attached hydrogen (secondary N) is 1. The van der Waals surface area contributed by atoms with Crippen LogP contribution in [0.4, 0.5) is 0 Å². The molecular formula is C20H20N2O2S. The van der Waals surface area contributed by atoms with Crippen molar-refractivity contribution in [3.63, 3.8) is 0 Å². The van der Waals surface area contributed by atoms with Crippen LogP contribution in [0.5, 0.6) is 0 Å². The molecule has 1 amide bonds. The van der Waals surface area contributed by atoms with Crippen LogP contribution in [-0.4, -0.2) is 40.1 Å². The largest absolute Gasteiger partial charge is 0.392 e. The van der Waals surface area contributed by atoms with Crippen molar-refractivity contribution >= 4 is 27.5 Å². The number of benzene rings is 1. The number of carbonyl (C=O) groups excluding carboxylic acids is 1. The number of likely N-dealkylation sites (tertiary alicyclic amines) is 1. The Bertz CT molecular complexity index is 921. The quantitative estimate of drug-likeness (QED) is 0.706. The number of rotatable bonds is 1. The van der Waals surface area contributed by atoms with Crippen LogP contribution in [0.2, 0.25) is 0 Å². The Morgan fingerprint density at radius 1 is 1.24 bits per heavy atom. The van der Waals surface area contributed by atoms with Gasteiger partial charge in [-0.25, -0.2) is 0 Å². The number of H-pyrrole nitrogens is 1. The smallest absolute Gasteiger partial charge is 0.270 e. The Kier molecular flexibility index (Phi) is 3.30. The molecular weight excluding hydrogens is 332 g/mol. The van der Waals surface area contributed by atoms with Crippen molar-refractivity contribution in [2.45, 2.75) is 30.8 Å². The molecule has 3 aromatic rings. The molecule has 0 radical (unpaired) electrons. The molecule has 1 aromatic carbocycles. The molecule has 0 saturated carbocycles. The summed E-state index contributed by atoms with van der Waals surface area (Å²) in [6.45, 7) is 1.38. The number of aliphatic hydroxyl groups is 1. The molecule has 25 heavy (non-hydrogen) atoms. The van der Waals surface area contributed by atoms with E-state index >= 15 is 0 Å². The molecule has 1 aliphatic carbocycles. The van der Waals surface area contributed by atoms with Crippen molar-refractivity contribution in [3.05, 3.63) is 58.6 Å².